The van der Waals surface area contributed by atoms with Crippen molar-refractivity contribution in [2.45, 2.75) is 32.3 Å². The van der Waals surface area contributed by atoms with Gasteiger partial charge in [0.05, 0.1) is 22.8 Å². The van der Waals surface area contributed by atoms with Gasteiger partial charge in [-0.2, -0.15) is 0 Å². The van der Waals surface area contributed by atoms with Gasteiger partial charge in [-0.15, -0.1) is 0 Å². The third-order valence-electron chi connectivity index (χ3n) is 2.93. The first-order valence-corrected chi connectivity index (χ1v) is 5.62. The molecule has 84 valence electrons. The standard InChI is InChI=1S/C13H16N2O/c1-3-13(16)9(2)12-8-14-10-6-4-5-7-11(10)15-12/h4-9,13,16H,3H2,1-2H3. The van der Waals surface area contributed by atoms with Crippen molar-refractivity contribution in [1.29, 1.82) is 0 Å². The monoisotopic (exact) mass is 216 g/mol. The molecule has 0 spiro atoms. The minimum atomic E-state index is -0.351. The van der Waals surface area contributed by atoms with Gasteiger partial charge in [-0.3, -0.25) is 4.98 Å². The summed E-state index contributed by atoms with van der Waals surface area (Å²) in [7, 11) is 0. The Morgan fingerprint density at radius 3 is 2.62 bits per heavy atom. The molecule has 0 aliphatic heterocycles. The number of rotatable bonds is 3. The normalized spacial score (nSPS) is 14.9. The van der Waals surface area contributed by atoms with Crippen LogP contribution in [0.3, 0.4) is 0 Å². The molecule has 3 heteroatoms. The summed E-state index contributed by atoms with van der Waals surface area (Å²) in [6, 6.07) is 7.77. The highest BCUT2D eigenvalue weighted by atomic mass is 16.3. The number of para-hydroxylation sites is 2. The van der Waals surface area contributed by atoms with Crippen LogP contribution < -0.4 is 0 Å². The SMILES string of the molecule is CCC(O)C(C)c1cnc2ccccc2n1. The topological polar surface area (TPSA) is 46.0 Å². The Morgan fingerprint density at radius 2 is 1.94 bits per heavy atom. The number of hydrogen-bond acceptors (Lipinski definition) is 3. The summed E-state index contributed by atoms with van der Waals surface area (Å²) in [6.07, 6.45) is 2.14. The van der Waals surface area contributed by atoms with Gasteiger partial charge < -0.3 is 5.11 Å². The molecule has 0 aliphatic carbocycles. The maximum atomic E-state index is 9.78. The van der Waals surface area contributed by atoms with Gasteiger partial charge in [0, 0.05) is 12.1 Å². The summed E-state index contributed by atoms with van der Waals surface area (Å²) in [5.41, 5.74) is 2.63. The lowest BCUT2D eigenvalue weighted by molar-refractivity contribution is 0.143. The molecule has 2 aromatic rings. The Balaban J connectivity index is 2.39. The molecule has 2 atom stereocenters. The Labute approximate surface area is 95.2 Å². The second-order valence-corrected chi connectivity index (χ2v) is 4.05. The van der Waals surface area contributed by atoms with Gasteiger partial charge in [0.15, 0.2) is 0 Å². The van der Waals surface area contributed by atoms with Crippen LogP contribution in [0.15, 0.2) is 30.5 Å². The number of aliphatic hydroxyl groups is 1. The van der Waals surface area contributed by atoms with Crippen LogP contribution in [0.1, 0.15) is 31.9 Å². The fourth-order valence-electron chi connectivity index (χ4n) is 1.74. The molecule has 3 nitrogen and oxygen atoms in total. The van der Waals surface area contributed by atoms with E-state index in [1.54, 1.807) is 6.20 Å². The van der Waals surface area contributed by atoms with E-state index in [0.717, 1.165) is 23.1 Å². The van der Waals surface area contributed by atoms with Crippen LogP contribution in [0.2, 0.25) is 0 Å². The lowest BCUT2D eigenvalue weighted by Gasteiger charge is -2.16. The van der Waals surface area contributed by atoms with Crippen LogP contribution >= 0.6 is 0 Å². The number of aromatic nitrogens is 2. The second kappa shape index (κ2) is 4.58. The van der Waals surface area contributed by atoms with Gasteiger partial charge in [0.1, 0.15) is 0 Å². The predicted molar refractivity (Wildman–Crippen MR) is 64.3 cm³/mol. The van der Waals surface area contributed by atoms with E-state index in [1.165, 1.54) is 0 Å². The van der Waals surface area contributed by atoms with Gasteiger partial charge in [-0.25, -0.2) is 4.98 Å². The third kappa shape index (κ3) is 2.04. The zero-order chi connectivity index (χ0) is 11.5. The van der Waals surface area contributed by atoms with Crippen LogP contribution in [0.4, 0.5) is 0 Å². The molecule has 0 saturated heterocycles. The number of benzene rings is 1. The lowest BCUT2D eigenvalue weighted by atomic mass is 9.99. The van der Waals surface area contributed by atoms with E-state index in [4.69, 9.17) is 0 Å². The van der Waals surface area contributed by atoms with E-state index >= 15 is 0 Å². The van der Waals surface area contributed by atoms with E-state index < -0.39 is 0 Å². The molecule has 1 heterocycles. The van der Waals surface area contributed by atoms with E-state index in [9.17, 15) is 5.11 Å². The van der Waals surface area contributed by atoms with Gasteiger partial charge in [0.25, 0.3) is 0 Å². The third-order valence-corrected chi connectivity index (χ3v) is 2.93. The van der Waals surface area contributed by atoms with Crippen molar-refractivity contribution < 1.29 is 5.11 Å². The van der Waals surface area contributed by atoms with Gasteiger partial charge >= 0.3 is 0 Å². The molecule has 2 unspecified atom stereocenters. The first-order valence-electron chi connectivity index (χ1n) is 5.62. The molecule has 2 rings (SSSR count). The molecular formula is C13H16N2O. The first-order chi connectivity index (χ1) is 7.72. The average Bonchev–Trinajstić information content (AvgIpc) is 2.36. The quantitative estimate of drug-likeness (QED) is 0.857. The second-order valence-electron chi connectivity index (χ2n) is 4.05. The summed E-state index contributed by atoms with van der Waals surface area (Å²) in [5, 5.41) is 9.78. The molecule has 0 saturated carbocycles. The molecule has 1 aromatic heterocycles. The van der Waals surface area contributed by atoms with Gasteiger partial charge in [0.2, 0.25) is 0 Å². The van der Waals surface area contributed by atoms with Crippen LogP contribution in [-0.2, 0) is 0 Å². The van der Waals surface area contributed by atoms with Crippen LogP contribution in [0, 0.1) is 0 Å². The van der Waals surface area contributed by atoms with E-state index in [1.807, 2.05) is 38.1 Å². The average molecular weight is 216 g/mol. The van der Waals surface area contributed by atoms with Crippen molar-refractivity contribution >= 4 is 11.0 Å². The first kappa shape index (κ1) is 11.0. The van der Waals surface area contributed by atoms with Crippen LogP contribution in [-0.4, -0.2) is 21.2 Å². The van der Waals surface area contributed by atoms with Crippen molar-refractivity contribution in [3.8, 4) is 0 Å². The van der Waals surface area contributed by atoms with Crippen LogP contribution in [0.5, 0.6) is 0 Å². The van der Waals surface area contributed by atoms with Gasteiger partial charge in [-0.05, 0) is 18.6 Å². The minimum Gasteiger partial charge on any atom is -0.392 e. The largest absolute Gasteiger partial charge is 0.392 e. The molecule has 0 bridgehead atoms. The maximum Gasteiger partial charge on any atom is 0.0890 e. The molecule has 1 N–H and O–H groups in total. The van der Waals surface area contributed by atoms with Crippen molar-refractivity contribution in [3.05, 3.63) is 36.2 Å². The fraction of sp³-hybridized carbons (Fsp3) is 0.385. The highest BCUT2D eigenvalue weighted by Gasteiger charge is 2.16. The Morgan fingerprint density at radius 1 is 1.25 bits per heavy atom. The summed E-state index contributed by atoms with van der Waals surface area (Å²) in [4.78, 5) is 8.87. The highest BCUT2D eigenvalue weighted by Crippen LogP contribution is 2.20. The van der Waals surface area contributed by atoms with Crippen molar-refractivity contribution in [2.24, 2.45) is 0 Å². The zero-order valence-electron chi connectivity index (χ0n) is 9.59. The molecule has 0 aliphatic rings. The van der Waals surface area contributed by atoms with E-state index in [-0.39, 0.29) is 12.0 Å². The van der Waals surface area contributed by atoms with Gasteiger partial charge in [-0.1, -0.05) is 26.0 Å². The number of fused-ring (bicyclic) bond motifs is 1. The molecule has 16 heavy (non-hydrogen) atoms. The summed E-state index contributed by atoms with van der Waals surface area (Å²) < 4.78 is 0. The number of nitrogens with zero attached hydrogens (tertiary/aromatic N) is 2. The van der Waals surface area contributed by atoms with E-state index in [0.29, 0.717) is 0 Å². The molecule has 0 amide bonds. The van der Waals surface area contributed by atoms with Crippen molar-refractivity contribution in [2.75, 3.05) is 0 Å². The molecule has 0 fully saturated rings. The van der Waals surface area contributed by atoms with Crippen LogP contribution in [0.25, 0.3) is 11.0 Å². The molecular weight excluding hydrogens is 200 g/mol. The lowest BCUT2D eigenvalue weighted by Crippen LogP contribution is -2.15. The highest BCUT2D eigenvalue weighted by molar-refractivity contribution is 5.73. The van der Waals surface area contributed by atoms with Crippen molar-refractivity contribution in [1.82, 2.24) is 9.97 Å². The number of aliphatic hydroxyl groups excluding tert-OH is 1. The van der Waals surface area contributed by atoms with E-state index in [2.05, 4.69) is 9.97 Å². The Hall–Kier alpha value is -1.48. The molecule has 0 radical (unpaired) electrons. The molecule has 1 aromatic carbocycles. The summed E-state index contributed by atoms with van der Waals surface area (Å²) in [6.45, 7) is 3.95. The summed E-state index contributed by atoms with van der Waals surface area (Å²) >= 11 is 0. The predicted octanol–water partition coefficient (Wildman–Crippen LogP) is 2.50. The maximum absolute atomic E-state index is 9.78. The zero-order valence-corrected chi connectivity index (χ0v) is 9.59. The Bertz CT molecular complexity index is 484. The van der Waals surface area contributed by atoms with Crippen molar-refractivity contribution in [3.63, 3.8) is 0 Å². The Kier molecular flexibility index (Phi) is 3.15. The number of hydrogen-bond donors (Lipinski definition) is 1. The smallest absolute Gasteiger partial charge is 0.0890 e. The summed E-state index contributed by atoms with van der Waals surface area (Å²) in [5.74, 6) is 0.0297. The minimum absolute atomic E-state index is 0.0297. The fourth-order valence-corrected chi connectivity index (χ4v) is 1.74.